The molecule has 28 heavy (non-hydrogen) atoms. The summed E-state index contributed by atoms with van der Waals surface area (Å²) in [7, 11) is 0. The van der Waals surface area contributed by atoms with Gasteiger partial charge in [-0.25, -0.2) is 0 Å². The van der Waals surface area contributed by atoms with Crippen LogP contribution >= 0.6 is 0 Å². The molecule has 2 aromatic rings. The van der Waals surface area contributed by atoms with E-state index in [-0.39, 0.29) is 17.9 Å². The third-order valence-corrected chi connectivity index (χ3v) is 6.12. The van der Waals surface area contributed by atoms with Crippen molar-refractivity contribution in [3.63, 3.8) is 0 Å². The van der Waals surface area contributed by atoms with E-state index in [0.717, 1.165) is 18.4 Å². The van der Waals surface area contributed by atoms with Gasteiger partial charge >= 0.3 is 0 Å². The molecule has 1 saturated carbocycles. The topological polar surface area (TPSA) is 55.8 Å². The molecule has 1 aliphatic carbocycles. The van der Waals surface area contributed by atoms with E-state index in [4.69, 9.17) is 9.47 Å². The van der Waals surface area contributed by atoms with Gasteiger partial charge in [-0.05, 0) is 37.3 Å². The van der Waals surface area contributed by atoms with E-state index in [1.54, 1.807) is 24.3 Å². The van der Waals surface area contributed by atoms with Crippen LogP contribution in [0.4, 0.5) is 0 Å². The first-order chi connectivity index (χ1) is 13.6. The SMILES string of the molecule is C[C@H]1C[C@H](N2C(=O)c3ccccc3C2=O)C[C@@]2(COC(c3ccccc3)O2)C1. The van der Waals surface area contributed by atoms with Crippen LogP contribution in [-0.2, 0) is 9.47 Å². The van der Waals surface area contributed by atoms with Crippen molar-refractivity contribution in [2.45, 2.75) is 44.1 Å². The van der Waals surface area contributed by atoms with E-state index in [1.165, 1.54) is 4.90 Å². The second kappa shape index (κ2) is 6.54. The lowest BCUT2D eigenvalue weighted by Crippen LogP contribution is -2.51. The van der Waals surface area contributed by atoms with Crippen molar-refractivity contribution in [3.05, 3.63) is 71.3 Å². The number of nitrogens with zero attached hydrogens (tertiary/aromatic N) is 1. The molecule has 2 heterocycles. The fourth-order valence-electron chi connectivity index (χ4n) is 5.03. The van der Waals surface area contributed by atoms with Crippen LogP contribution in [0.15, 0.2) is 54.6 Å². The van der Waals surface area contributed by atoms with Crippen LogP contribution in [0, 0.1) is 5.92 Å². The molecule has 2 aromatic carbocycles. The van der Waals surface area contributed by atoms with Gasteiger partial charge in [0.05, 0.1) is 23.3 Å². The Labute approximate surface area is 164 Å². The van der Waals surface area contributed by atoms with Crippen LogP contribution in [0.2, 0.25) is 0 Å². The van der Waals surface area contributed by atoms with Crippen molar-refractivity contribution in [2.24, 2.45) is 5.92 Å². The molecule has 1 unspecified atom stereocenters. The Morgan fingerprint density at radius 3 is 2.25 bits per heavy atom. The van der Waals surface area contributed by atoms with Crippen LogP contribution in [0.1, 0.15) is 58.8 Å². The van der Waals surface area contributed by atoms with E-state index in [0.29, 0.717) is 30.1 Å². The molecule has 2 aliphatic heterocycles. The average Bonchev–Trinajstić information content (AvgIpc) is 3.21. The zero-order valence-electron chi connectivity index (χ0n) is 15.8. The molecule has 2 fully saturated rings. The van der Waals surface area contributed by atoms with E-state index in [1.807, 2.05) is 30.3 Å². The Morgan fingerprint density at radius 2 is 1.57 bits per heavy atom. The monoisotopic (exact) mass is 377 g/mol. The number of hydrogen-bond donors (Lipinski definition) is 0. The Morgan fingerprint density at radius 1 is 0.929 bits per heavy atom. The average molecular weight is 377 g/mol. The number of hydrogen-bond acceptors (Lipinski definition) is 4. The molecule has 1 spiro atoms. The van der Waals surface area contributed by atoms with Crippen molar-refractivity contribution >= 4 is 11.8 Å². The smallest absolute Gasteiger partial charge is 0.261 e. The van der Waals surface area contributed by atoms with Crippen molar-refractivity contribution in [3.8, 4) is 0 Å². The van der Waals surface area contributed by atoms with Gasteiger partial charge in [0.25, 0.3) is 11.8 Å². The highest BCUT2D eigenvalue weighted by molar-refractivity contribution is 6.21. The minimum atomic E-state index is -0.460. The van der Waals surface area contributed by atoms with Crippen LogP contribution in [-0.4, -0.2) is 35.0 Å². The van der Waals surface area contributed by atoms with Crippen molar-refractivity contribution in [1.82, 2.24) is 4.90 Å². The number of ether oxygens (including phenoxy) is 2. The van der Waals surface area contributed by atoms with E-state index < -0.39 is 11.9 Å². The van der Waals surface area contributed by atoms with Crippen molar-refractivity contribution in [2.75, 3.05) is 6.61 Å². The van der Waals surface area contributed by atoms with Gasteiger partial charge in [0, 0.05) is 11.6 Å². The molecule has 144 valence electrons. The molecule has 0 N–H and O–H groups in total. The van der Waals surface area contributed by atoms with Gasteiger partial charge in [0.15, 0.2) is 6.29 Å². The fourth-order valence-corrected chi connectivity index (χ4v) is 5.03. The zero-order chi connectivity index (χ0) is 19.3. The van der Waals surface area contributed by atoms with E-state index in [9.17, 15) is 9.59 Å². The van der Waals surface area contributed by atoms with E-state index in [2.05, 4.69) is 6.92 Å². The summed E-state index contributed by atoms with van der Waals surface area (Å²) in [5.74, 6) is -0.0389. The van der Waals surface area contributed by atoms with Crippen LogP contribution < -0.4 is 0 Å². The molecule has 5 rings (SSSR count). The lowest BCUT2D eigenvalue weighted by atomic mass is 9.76. The Hall–Kier alpha value is -2.50. The van der Waals surface area contributed by atoms with Gasteiger partial charge in [-0.15, -0.1) is 0 Å². The quantitative estimate of drug-likeness (QED) is 0.744. The van der Waals surface area contributed by atoms with Gasteiger partial charge in [0.1, 0.15) is 0 Å². The maximum atomic E-state index is 12.9. The predicted molar refractivity (Wildman–Crippen MR) is 103 cm³/mol. The molecule has 1 saturated heterocycles. The van der Waals surface area contributed by atoms with Crippen LogP contribution in [0.5, 0.6) is 0 Å². The Kier molecular flexibility index (Phi) is 4.11. The third-order valence-electron chi connectivity index (χ3n) is 6.12. The maximum absolute atomic E-state index is 12.9. The number of rotatable bonds is 2. The molecule has 0 aromatic heterocycles. The first-order valence-corrected chi connectivity index (χ1v) is 9.88. The zero-order valence-corrected chi connectivity index (χ0v) is 15.8. The maximum Gasteiger partial charge on any atom is 0.261 e. The summed E-state index contributed by atoms with van der Waals surface area (Å²) in [6.45, 7) is 2.64. The van der Waals surface area contributed by atoms with Gasteiger partial charge in [-0.2, -0.15) is 0 Å². The molecular formula is C23H23NO4. The second-order valence-electron chi connectivity index (χ2n) is 8.28. The standard InChI is InChI=1S/C23H23NO4/c1-15-11-17(24-20(25)18-9-5-6-10-19(18)21(24)26)13-23(12-15)14-27-22(28-23)16-7-3-2-4-8-16/h2-10,15,17,22H,11-14H2,1H3/t15-,17-,22?,23+/m0/s1. The van der Waals surface area contributed by atoms with Gasteiger partial charge < -0.3 is 9.47 Å². The predicted octanol–water partition coefficient (Wildman–Crippen LogP) is 3.96. The summed E-state index contributed by atoms with van der Waals surface area (Å²) in [6.07, 6.45) is 1.89. The van der Waals surface area contributed by atoms with Gasteiger partial charge in [-0.3, -0.25) is 14.5 Å². The number of carbonyl (C=O) groups excluding carboxylic acids is 2. The highest BCUT2D eigenvalue weighted by Gasteiger charge is 2.51. The summed E-state index contributed by atoms with van der Waals surface area (Å²) in [6, 6.07) is 16.8. The Balaban J connectivity index is 1.40. The van der Waals surface area contributed by atoms with Crippen molar-refractivity contribution < 1.29 is 19.1 Å². The van der Waals surface area contributed by atoms with E-state index >= 15 is 0 Å². The summed E-state index contributed by atoms with van der Waals surface area (Å²) in [5.41, 5.74) is 1.55. The minimum Gasteiger partial charge on any atom is -0.345 e. The molecule has 3 aliphatic rings. The molecule has 5 heteroatoms. The highest BCUT2D eigenvalue weighted by atomic mass is 16.7. The fraction of sp³-hybridized carbons (Fsp3) is 0.391. The van der Waals surface area contributed by atoms with Gasteiger partial charge in [-0.1, -0.05) is 49.4 Å². The van der Waals surface area contributed by atoms with Crippen molar-refractivity contribution in [1.29, 1.82) is 0 Å². The van der Waals surface area contributed by atoms with Gasteiger partial charge in [0.2, 0.25) is 0 Å². The normalized spacial score (nSPS) is 32.2. The summed E-state index contributed by atoms with van der Waals surface area (Å²) < 4.78 is 12.4. The second-order valence-corrected chi connectivity index (χ2v) is 8.28. The molecule has 5 nitrogen and oxygen atoms in total. The number of fused-ring (bicyclic) bond motifs is 1. The minimum absolute atomic E-state index is 0.172. The molecule has 2 amide bonds. The molecule has 4 atom stereocenters. The first-order valence-electron chi connectivity index (χ1n) is 9.88. The lowest BCUT2D eigenvalue weighted by Gasteiger charge is -2.42. The highest BCUT2D eigenvalue weighted by Crippen LogP contribution is 2.46. The largest absolute Gasteiger partial charge is 0.345 e. The number of benzene rings is 2. The Bertz CT molecular complexity index is 892. The summed E-state index contributed by atoms with van der Waals surface area (Å²) in [4.78, 5) is 27.3. The number of imide groups is 1. The number of carbonyl (C=O) groups is 2. The summed E-state index contributed by atoms with van der Waals surface area (Å²) >= 11 is 0. The van der Waals surface area contributed by atoms with Crippen LogP contribution in [0.25, 0.3) is 0 Å². The summed E-state index contributed by atoms with van der Waals surface area (Å²) in [5, 5.41) is 0. The first kappa shape index (κ1) is 17.6. The third kappa shape index (κ3) is 2.77. The van der Waals surface area contributed by atoms with Crippen LogP contribution in [0.3, 0.4) is 0 Å². The lowest BCUT2D eigenvalue weighted by molar-refractivity contribution is -0.115. The number of amides is 2. The molecule has 0 radical (unpaired) electrons. The molecular weight excluding hydrogens is 354 g/mol. The molecule has 0 bridgehead atoms.